The first kappa shape index (κ1) is 17.8. The van der Waals surface area contributed by atoms with Gasteiger partial charge in [0.25, 0.3) is 0 Å². The van der Waals surface area contributed by atoms with Crippen molar-refractivity contribution in [1.29, 1.82) is 0 Å². The van der Waals surface area contributed by atoms with Gasteiger partial charge in [0.1, 0.15) is 17.2 Å². The lowest BCUT2D eigenvalue weighted by atomic mass is 10.1. The molecule has 0 atom stereocenters. The molecule has 1 aliphatic rings. The second-order valence-corrected chi connectivity index (χ2v) is 5.72. The first-order valence-corrected chi connectivity index (χ1v) is 8.02. The molecule has 3 rings (SSSR count). The number of aliphatic imine (C=N–C) groups is 1. The highest BCUT2D eigenvalue weighted by Gasteiger charge is 2.27. The van der Waals surface area contributed by atoms with Crippen LogP contribution in [0.1, 0.15) is 11.1 Å². The van der Waals surface area contributed by atoms with Crippen LogP contribution in [0.25, 0.3) is 6.08 Å². The zero-order valence-corrected chi connectivity index (χ0v) is 15.2. The summed E-state index contributed by atoms with van der Waals surface area (Å²) in [7, 11) is 4.62. The summed E-state index contributed by atoms with van der Waals surface area (Å²) < 4.78 is 21.1. The Morgan fingerprint density at radius 1 is 1.00 bits per heavy atom. The summed E-state index contributed by atoms with van der Waals surface area (Å²) in [6.45, 7) is 0. The van der Waals surface area contributed by atoms with Crippen LogP contribution in [0.4, 0.5) is 0 Å². The number of methoxy groups -OCH3 is 3. The Balaban J connectivity index is 2.01. The smallest absolute Gasteiger partial charge is 0.363 e. The highest BCUT2D eigenvalue weighted by molar-refractivity contribution is 6.31. The van der Waals surface area contributed by atoms with E-state index in [4.69, 9.17) is 30.5 Å². The summed E-state index contributed by atoms with van der Waals surface area (Å²) in [6.07, 6.45) is 1.59. The second-order valence-electron chi connectivity index (χ2n) is 5.29. The van der Waals surface area contributed by atoms with Crippen LogP contribution < -0.4 is 14.2 Å². The molecule has 2 aromatic rings. The fourth-order valence-corrected chi connectivity index (χ4v) is 2.63. The maximum atomic E-state index is 12.2. The first-order chi connectivity index (χ1) is 12.5. The lowest BCUT2D eigenvalue weighted by Crippen LogP contribution is -2.07. The summed E-state index contributed by atoms with van der Waals surface area (Å²) in [6, 6.07) is 10.2. The molecule has 7 heteroatoms. The second kappa shape index (κ2) is 7.49. The fraction of sp³-hybridized carbons (Fsp3) is 0.158. The summed E-state index contributed by atoms with van der Waals surface area (Å²) in [5.41, 5.74) is 1.31. The predicted octanol–water partition coefficient (Wildman–Crippen LogP) is 3.71. The van der Waals surface area contributed by atoms with Gasteiger partial charge in [-0.1, -0.05) is 11.6 Å². The van der Waals surface area contributed by atoms with E-state index in [-0.39, 0.29) is 11.6 Å². The number of carbonyl (C=O) groups is 1. The van der Waals surface area contributed by atoms with Gasteiger partial charge in [-0.15, -0.1) is 0 Å². The molecule has 134 valence electrons. The molecule has 1 heterocycles. The SMILES string of the molecule is COc1ccc(C=C2N=C(c3cc(Cl)ccc3OC)OC2=O)c(OC)c1. The van der Waals surface area contributed by atoms with Crippen LogP contribution in [0.15, 0.2) is 47.1 Å². The molecule has 0 N–H and O–H groups in total. The van der Waals surface area contributed by atoms with E-state index in [2.05, 4.69) is 4.99 Å². The number of rotatable bonds is 5. The lowest BCUT2D eigenvalue weighted by Gasteiger charge is -2.07. The van der Waals surface area contributed by atoms with Crippen LogP contribution in [-0.4, -0.2) is 33.2 Å². The van der Waals surface area contributed by atoms with Gasteiger partial charge in [-0.3, -0.25) is 0 Å². The third-order valence-corrected chi connectivity index (χ3v) is 3.98. The number of nitrogens with zero attached hydrogens (tertiary/aromatic N) is 1. The number of ether oxygens (including phenoxy) is 4. The van der Waals surface area contributed by atoms with Gasteiger partial charge in [-0.05, 0) is 36.4 Å². The van der Waals surface area contributed by atoms with Crippen molar-refractivity contribution in [3.8, 4) is 17.2 Å². The Hall–Kier alpha value is -2.99. The molecule has 2 aromatic carbocycles. The summed E-state index contributed by atoms with van der Waals surface area (Å²) in [4.78, 5) is 16.5. The summed E-state index contributed by atoms with van der Waals surface area (Å²) in [5.74, 6) is 1.26. The average Bonchev–Trinajstić information content (AvgIpc) is 3.02. The van der Waals surface area contributed by atoms with Crippen molar-refractivity contribution in [3.05, 3.63) is 58.2 Å². The zero-order valence-electron chi connectivity index (χ0n) is 14.4. The minimum atomic E-state index is -0.570. The largest absolute Gasteiger partial charge is 0.497 e. The normalized spacial score (nSPS) is 14.8. The third-order valence-electron chi connectivity index (χ3n) is 3.75. The number of halogens is 1. The Bertz CT molecular complexity index is 920. The van der Waals surface area contributed by atoms with E-state index in [9.17, 15) is 4.79 Å². The van der Waals surface area contributed by atoms with Crippen molar-refractivity contribution in [2.24, 2.45) is 4.99 Å². The fourth-order valence-electron chi connectivity index (χ4n) is 2.46. The summed E-state index contributed by atoms with van der Waals surface area (Å²) >= 11 is 6.03. The number of hydrogen-bond donors (Lipinski definition) is 0. The van der Waals surface area contributed by atoms with E-state index < -0.39 is 5.97 Å². The molecule has 26 heavy (non-hydrogen) atoms. The third kappa shape index (κ3) is 3.50. The number of benzene rings is 2. The molecule has 0 radical (unpaired) electrons. The van der Waals surface area contributed by atoms with E-state index in [1.165, 1.54) is 14.2 Å². The minimum absolute atomic E-state index is 0.132. The number of hydrogen-bond acceptors (Lipinski definition) is 6. The Labute approximate surface area is 155 Å². The molecular weight excluding hydrogens is 358 g/mol. The Morgan fingerprint density at radius 2 is 1.77 bits per heavy atom. The van der Waals surface area contributed by atoms with Crippen LogP contribution in [0.5, 0.6) is 17.2 Å². The highest BCUT2D eigenvalue weighted by atomic mass is 35.5. The van der Waals surface area contributed by atoms with E-state index in [0.717, 1.165) is 0 Å². The maximum absolute atomic E-state index is 12.2. The average molecular weight is 374 g/mol. The minimum Gasteiger partial charge on any atom is -0.497 e. The Morgan fingerprint density at radius 3 is 2.46 bits per heavy atom. The molecule has 6 nitrogen and oxygen atoms in total. The standard InChI is InChI=1S/C19H16ClNO5/c1-23-13-6-4-11(17(10-13)25-3)8-15-19(22)26-18(21-15)14-9-12(20)5-7-16(14)24-2/h4-10H,1-3H3. The molecule has 0 unspecified atom stereocenters. The van der Waals surface area contributed by atoms with Crippen LogP contribution in [0, 0.1) is 0 Å². The molecule has 0 amide bonds. The first-order valence-electron chi connectivity index (χ1n) is 7.64. The van der Waals surface area contributed by atoms with Gasteiger partial charge in [0.2, 0.25) is 5.90 Å². The molecule has 0 spiro atoms. The van der Waals surface area contributed by atoms with Gasteiger partial charge >= 0.3 is 5.97 Å². The molecule has 1 aliphatic heterocycles. The van der Waals surface area contributed by atoms with Crippen molar-refractivity contribution in [3.63, 3.8) is 0 Å². The molecule has 0 saturated heterocycles. The van der Waals surface area contributed by atoms with Crippen molar-refractivity contribution in [2.75, 3.05) is 21.3 Å². The van der Waals surface area contributed by atoms with Gasteiger partial charge in [0.05, 0.1) is 26.9 Å². The number of esters is 1. The van der Waals surface area contributed by atoms with Crippen LogP contribution in [0.3, 0.4) is 0 Å². The Kier molecular flexibility index (Phi) is 5.14. The van der Waals surface area contributed by atoms with E-state index in [1.54, 1.807) is 49.6 Å². The zero-order chi connectivity index (χ0) is 18.7. The van der Waals surface area contributed by atoms with Crippen molar-refractivity contribution >= 4 is 29.5 Å². The van der Waals surface area contributed by atoms with Crippen LogP contribution in [0.2, 0.25) is 5.02 Å². The van der Waals surface area contributed by atoms with Crippen LogP contribution >= 0.6 is 11.6 Å². The van der Waals surface area contributed by atoms with Gasteiger partial charge in [-0.25, -0.2) is 9.79 Å². The molecule has 0 bridgehead atoms. The molecule has 0 fully saturated rings. The number of carbonyl (C=O) groups excluding carboxylic acids is 1. The predicted molar refractivity (Wildman–Crippen MR) is 98.2 cm³/mol. The highest BCUT2D eigenvalue weighted by Crippen LogP contribution is 2.30. The van der Waals surface area contributed by atoms with E-state index in [0.29, 0.717) is 33.4 Å². The summed E-state index contributed by atoms with van der Waals surface area (Å²) in [5, 5.41) is 0.480. The van der Waals surface area contributed by atoms with Crippen LogP contribution in [-0.2, 0) is 9.53 Å². The molecule has 0 saturated carbocycles. The lowest BCUT2D eigenvalue weighted by molar-refractivity contribution is -0.129. The quantitative estimate of drug-likeness (QED) is 0.590. The topological polar surface area (TPSA) is 66.3 Å². The number of cyclic esters (lactones) is 1. The van der Waals surface area contributed by atoms with Gasteiger partial charge in [0.15, 0.2) is 5.70 Å². The van der Waals surface area contributed by atoms with Gasteiger partial charge in [-0.2, -0.15) is 0 Å². The maximum Gasteiger partial charge on any atom is 0.363 e. The van der Waals surface area contributed by atoms with Crippen molar-refractivity contribution in [1.82, 2.24) is 0 Å². The van der Waals surface area contributed by atoms with E-state index in [1.807, 2.05) is 0 Å². The molecule has 0 aromatic heterocycles. The molecular formula is C19H16ClNO5. The monoisotopic (exact) mass is 373 g/mol. The molecule has 0 aliphatic carbocycles. The van der Waals surface area contributed by atoms with Crippen molar-refractivity contribution in [2.45, 2.75) is 0 Å². The van der Waals surface area contributed by atoms with E-state index >= 15 is 0 Å². The van der Waals surface area contributed by atoms with Crippen molar-refractivity contribution < 1.29 is 23.7 Å². The van der Waals surface area contributed by atoms with Gasteiger partial charge < -0.3 is 18.9 Å². The van der Waals surface area contributed by atoms with Gasteiger partial charge in [0, 0.05) is 16.7 Å².